The Hall–Kier alpha value is -4.36. The molecule has 0 spiro atoms. The summed E-state index contributed by atoms with van der Waals surface area (Å²) < 4.78 is 48.7. The first-order valence-corrected chi connectivity index (χ1v) is 18.4. The van der Waals surface area contributed by atoms with Gasteiger partial charge in [-0.05, 0) is 73.9 Å². The highest BCUT2D eigenvalue weighted by atomic mass is 32.2. The number of nitrogens with zero attached hydrogens (tertiary/aromatic N) is 2. The van der Waals surface area contributed by atoms with Crippen LogP contribution in [0, 0.1) is 11.2 Å². The highest BCUT2D eigenvalue weighted by Crippen LogP contribution is 2.39. The van der Waals surface area contributed by atoms with E-state index in [4.69, 9.17) is 4.74 Å². The summed E-state index contributed by atoms with van der Waals surface area (Å²) in [6.45, 7) is 9.08. The van der Waals surface area contributed by atoms with Crippen LogP contribution in [0.4, 0.5) is 20.6 Å². The largest absolute Gasteiger partial charge is 0.497 e. The summed E-state index contributed by atoms with van der Waals surface area (Å²) in [7, 11) is -2.29. The lowest BCUT2D eigenvalue weighted by Gasteiger charge is -2.41. The Morgan fingerprint density at radius 3 is 2.34 bits per heavy atom. The van der Waals surface area contributed by atoms with Gasteiger partial charge < -0.3 is 25.6 Å². The van der Waals surface area contributed by atoms with Gasteiger partial charge >= 0.3 is 6.09 Å². The minimum Gasteiger partial charge on any atom is -0.497 e. The molecule has 0 saturated carbocycles. The predicted molar refractivity (Wildman–Crippen MR) is 193 cm³/mol. The molecule has 13 heteroatoms. The number of sulfonamides is 1. The van der Waals surface area contributed by atoms with Crippen LogP contribution in [0.15, 0.2) is 66.7 Å². The average molecular weight is 713 g/mol. The van der Waals surface area contributed by atoms with E-state index in [0.717, 1.165) is 14.8 Å². The molecule has 4 rings (SSSR count). The van der Waals surface area contributed by atoms with Gasteiger partial charge in [0.15, 0.2) is 5.82 Å². The fourth-order valence-electron chi connectivity index (χ4n) is 6.41. The summed E-state index contributed by atoms with van der Waals surface area (Å²) >= 11 is 0. The summed E-state index contributed by atoms with van der Waals surface area (Å²) in [5.41, 5.74) is 0.494. The van der Waals surface area contributed by atoms with Gasteiger partial charge in [0, 0.05) is 18.3 Å². The Morgan fingerprint density at radius 1 is 1.04 bits per heavy atom. The van der Waals surface area contributed by atoms with Crippen LogP contribution in [-0.2, 0) is 16.4 Å². The third kappa shape index (κ3) is 9.45. The summed E-state index contributed by atoms with van der Waals surface area (Å²) in [5.74, 6) is -1.47. The highest BCUT2D eigenvalue weighted by Gasteiger charge is 2.38. The second-order valence-corrected chi connectivity index (χ2v) is 16.1. The van der Waals surface area contributed by atoms with Crippen LogP contribution in [0.2, 0.25) is 0 Å². The van der Waals surface area contributed by atoms with E-state index < -0.39 is 57.0 Å². The van der Waals surface area contributed by atoms with Crippen LogP contribution in [0.25, 0.3) is 0 Å². The third-order valence-corrected chi connectivity index (χ3v) is 10.5. The molecule has 1 aliphatic rings. The van der Waals surface area contributed by atoms with Crippen LogP contribution < -0.4 is 19.7 Å². The number of rotatable bonds is 13. The standard InChI is InChI=1S/C37H49FN4O7S/c1-24(2)39-27-21-29(33(38)31(22-27)42-17-10-11-18-50(42,47)48)35(44)40-30(19-25-13-8-7-9-14-25)32(43)23-41(36(45)46)34(37(3,4)5)26-15-12-16-28(20-26)49-6/h7-9,12-16,20-22,24,30,32,34,39,43H,10-11,17-19,23H2,1-6H3,(H,40,44)(H,45,46). The van der Waals surface area contributed by atoms with Gasteiger partial charge in [0.25, 0.3) is 5.91 Å². The molecule has 1 heterocycles. The topological polar surface area (TPSA) is 149 Å². The van der Waals surface area contributed by atoms with E-state index in [-0.39, 0.29) is 37.0 Å². The second-order valence-electron chi connectivity index (χ2n) is 14.1. The number of benzene rings is 3. The minimum absolute atomic E-state index is 0.0774. The molecule has 1 aliphatic heterocycles. The Kier molecular flexibility index (Phi) is 12.4. The molecule has 4 N–H and O–H groups in total. The van der Waals surface area contributed by atoms with Gasteiger partial charge in [-0.15, -0.1) is 0 Å². The third-order valence-electron chi connectivity index (χ3n) is 8.62. The van der Waals surface area contributed by atoms with E-state index in [0.29, 0.717) is 29.8 Å². The molecule has 0 bridgehead atoms. The molecule has 272 valence electrons. The molecular weight excluding hydrogens is 663 g/mol. The van der Waals surface area contributed by atoms with Gasteiger partial charge in [-0.3, -0.25) is 14.0 Å². The van der Waals surface area contributed by atoms with Crippen molar-refractivity contribution in [2.45, 2.75) is 78.1 Å². The highest BCUT2D eigenvalue weighted by molar-refractivity contribution is 7.92. The number of carboxylic acid groups (broad SMARTS) is 1. The van der Waals surface area contributed by atoms with Crippen molar-refractivity contribution >= 4 is 33.4 Å². The Morgan fingerprint density at radius 2 is 1.74 bits per heavy atom. The van der Waals surface area contributed by atoms with Crippen molar-refractivity contribution in [3.05, 3.63) is 89.2 Å². The maximum Gasteiger partial charge on any atom is 0.407 e. The normalized spacial score (nSPS) is 16.3. The van der Waals surface area contributed by atoms with Gasteiger partial charge in [-0.2, -0.15) is 0 Å². The number of aliphatic hydroxyl groups is 1. The molecule has 1 fully saturated rings. The number of amides is 2. The predicted octanol–water partition coefficient (Wildman–Crippen LogP) is 6.05. The van der Waals surface area contributed by atoms with E-state index in [1.807, 2.05) is 52.8 Å². The molecule has 3 atom stereocenters. The number of nitrogens with one attached hydrogen (secondary N) is 2. The number of halogens is 1. The molecule has 1 saturated heterocycles. The van der Waals surface area contributed by atoms with Crippen LogP contribution in [-0.4, -0.2) is 79.7 Å². The fourth-order valence-corrected chi connectivity index (χ4v) is 8.04. The van der Waals surface area contributed by atoms with Crippen molar-refractivity contribution in [3.63, 3.8) is 0 Å². The monoisotopic (exact) mass is 712 g/mol. The number of anilines is 2. The van der Waals surface area contributed by atoms with Gasteiger partial charge in [-0.25, -0.2) is 17.6 Å². The first-order valence-electron chi connectivity index (χ1n) is 16.8. The van der Waals surface area contributed by atoms with Crippen molar-refractivity contribution in [2.24, 2.45) is 5.41 Å². The number of methoxy groups -OCH3 is 1. The smallest absolute Gasteiger partial charge is 0.407 e. The average Bonchev–Trinajstić information content (AvgIpc) is 3.04. The second kappa shape index (κ2) is 16.1. The molecule has 0 aromatic heterocycles. The quantitative estimate of drug-likeness (QED) is 0.167. The van der Waals surface area contributed by atoms with Crippen molar-refractivity contribution in [2.75, 3.05) is 35.6 Å². The van der Waals surface area contributed by atoms with Crippen molar-refractivity contribution in [3.8, 4) is 5.75 Å². The molecule has 0 radical (unpaired) electrons. The molecule has 3 unspecified atom stereocenters. The van der Waals surface area contributed by atoms with Gasteiger partial charge in [0.2, 0.25) is 10.0 Å². The molecule has 2 amide bonds. The van der Waals surface area contributed by atoms with Crippen LogP contribution >= 0.6 is 0 Å². The summed E-state index contributed by atoms with van der Waals surface area (Å²) in [4.78, 5) is 28.0. The van der Waals surface area contributed by atoms with Crippen molar-refractivity contribution in [1.82, 2.24) is 10.2 Å². The fraction of sp³-hybridized carbons (Fsp3) is 0.459. The summed E-state index contributed by atoms with van der Waals surface area (Å²) in [6, 6.07) is 16.9. The maximum absolute atomic E-state index is 16.3. The van der Waals surface area contributed by atoms with Crippen LogP contribution in [0.1, 0.15) is 75.0 Å². The van der Waals surface area contributed by atoms with E-state index in [1.54, 1.807) is 36.4 Å². The molecule has 50 heavy (non-hydrogen) atoms. The van der Waals surface area contributed by atoms with Gasteiger partial charge in [0.05, 0.1) is 48.8 Å². The number of ether oxygens (including phenoxy) is 1. The molecule has 0 aliphatic carbocycles. The van der Waals surface area contributed by atoms with E-state index >= 15 is 4.39 Å². The molecule has 3 aromatic rings. The number of carbonyl (C=O) groups excluding carboxylic acids is 1. The summed E-state index contributed by atoms with van der Waals surface area (Å²) in [5, 5.41) is 28.2. The number of hydrogen-bond acceptors (Lipinski definition) is 7. The van der Waals surface area contributed by atoms with Crippen LogP contribution in [0.5, 0.6) is 5.75 Å². The lowest BCUT2D eigenvalue weighted by molar-refractivity contribution is 0.0300. The van der Waals surface area contributed by atoms with E-state index in [2.05, 4.69) is 10.6 Å². The lowest BCUT2D eigenvalue weighted by Crippen LogP contribution is -2.52. The summed E-state index contributed by atoms with van der Waals surface area (Å²) in [6.07, 6.45) is -1.62. The zero-order valence-corrected chi connectivity index (χ0v) is 30.3. The number of aliphatic hydroxyl groups excluding tert-OH is 1. The minimum atomic E-state index is -3.81. The molecular formula is C37H49FN4O7S. The van der Waals surface area contributed by atoms with E-state index in [9.17, 15) is 28.2 Å². The SMILES string of the molecule is COc1cccc(C(N(CC(O)C(Cc2ccccc2)NC(=O)c2cc(NC(C)C)cc(N3CCCCS3(=O)=O)c2F)C(=O)O)C(C)(C)C)c1. The van der Waals surface area contributed by atoms with E-state index in [1.165, 1.54) is 19.2 Å². The zero-order chi connectivity index (χ0) is 36.8. The Balaban J connectivity index is 1.74. The maximum atomic E-state index is 16.3. The molecule has 3 aromatic carbocycles. The first-order chi connectivity index (χ1) is 23.5. The Labute approximate surface area is 294 Å². The molecule has 11 nitrogen and oxygen atoms in total. The number of carbonyl (C=O) groups is 2. The lowest BCUT2D eigenvalue weighted by atomic mass is 9.81. The number of hydrogen-bond donors (Lipinski definition) is 4. The first kappa shape index (κ1) is 38.4. The van der Waals surface area contributed by atoms with Gasteiger partial charge in [0.1, 0.15) is 5.75 Å². The van der Waals surface area contributed by atoms with Crippen molar-refractivity contribution < 1.29 is 37.3 Å². The zero-order valence-electron chi connectivity index (χ0n) is 29.5. The van der Waals surface area contributed by atoms with Gasteiger partial charge in [-0.1, -0.05) is 63.2 Å². The Bertz CT molecular complexity index is 1750. The van der Waals surface area contributed by atoms with Crippen LogP contribution in [0.3, 0.4) is 0 Å². The van der Waals surface area contributed by atoms with Crippen molar-refractivity contribution in [1.29, 1.82) is 0 Å².